The van der Waals surface area contributed by atoms with Gasteiger partial charge < -0.3 is 14.7 Å². The van der Waals surface area contributed by atoms with E-state index in [1.54, 1.807) is 10.4 Å². The van der Waals surface area contributed by atoms with E-state index in [1.165, 1.54) is 11.3 Å². The minimum atomic E-state index is -0.800. The van der Waals surface area contributed by atoms with Gasteiger partial charge in [-0.25, -0.2) is 4.98 Å². The fraction of sp³-hybridized carbons (Fsp3) is 0.714. The van der Waals surface area contributed by atoms with Crippen molar-refractivity contribution in [2.75, 3.05) is 45.9 Å². The Morgan fingerprint density at radius 2 is 2.24 bits per heavy atom. The number of carbonyl (C=O) groups is 1. The quantitative estimate of drug-likeness (QED) is 0.873. The smallest absolute Gasteiger partial charge is 0.265 e. The number of aryl methyl sites for hydroxylation is 1. The number of hydrogen-bond donors (Lipinski definition) is 1. The maximum atomic E-state index is 12.5. The van der Waals surface area contributed by atoms with E-state index in [0.717, 1.165) is 32.0 Å². The fourth-order valence-electron chi connectivity index (χ4n) is 2.99. The van der Waals surface area contributed by atoms with Crippen LogP contribution in [0.2, 0.25) is 0 Å². The number of likely N-dealkylation sites (tertiary alicyclic amines) is 1. The number of thiazole rings is 1. The summed E-state index contributed by atoms with van der Waals surface area (Å²) in [6, 6.07) is 0. The van der Waals surface area contributed by atoms with Crippen LogP contribution in [0.1, 0.15) is 21.8 Å². The second kappa shape index (κ2) is 6.00. The number of carbonyl (C=O) groups excluding carboxylic acids is 1. The van der Waals surface area contributed by atoms with Gasteiger partial charge in [0.25, 0.3) is 5.91 Å². The van der Waals surface area contributed by atoms with E-state index in [-0.39, 0.29) is 5.91 Å². The summed E-state index contributed by atoms with van der Waals surface area (Å²) in [6.45, 7) is 6.62. The molecular weight excluding hydrogens is 290 g/mol. The molecule has 1 N–H and O–H groups in total. The Kier molecular flexibility index (Phi) is 4.26. The third-order valence-electron chi connectivity index (χ3n) is 4.18. The number of amides is 1. The zero-order valence-electron chi connectivity index (χ0n) is 12.2. The van der Waals surface area contributed by atoms with Crippen LogP contribution >= 0.6 is 11.3 Å². The van der Waals surface area contributed by atoms with Gasteiger partial charge >= 0.3 is 0 Å². The van der Waals surface area contributed by atoms with Crippen LogP contribution in [0, 0.1) is 6.92 Å². The van der Waals surface area contributed by atoms with E-state index >= 15 is 0 Å². The summed E-state index contributed by atoms with van der Waals surface area (Å²) in [5, 5.41) is 10.7. The van der Waals surface area contributed by atoms with E-state index in [0.29, 0.717) is 30.9 Å². The standard InChI is InChI=1S/C14H21N3O3S/c1-11-12(21-10-15-11)13(18)17-3-2-14(19,9-17)8-16-4-6-20-7-5-16/h10,19H,2-9H2,1H3/t14-/m0/s1. The van der Waals surface area contributed by atoms with E-state index < -0.39 is 5.60 Å². The van der Waals surface area contributed by atoms with Gasteiger partial charge in [-0.15, -0.1) is 11.3 Å². The maximum absolute atomic E-state index is 12.5. The van der Waals surface area contributed by atoms with Gasteiger partial charge in [0, 0.05) is 26.2 Å². The predicted octanol–water partition coefficient (Wildman–Crippen LogP) is 0.361. The molecule has 1 aromatic rings. The highest BCUT2D eigenvalue weighted by Crippen LogP contribution is 2.26. The van der Waals surface area contributed by atoms with Crippen LogP contribution in [0.4, 0.5) is 0 Å². The van der Waals surface area contributed by atoms with Gasteiger partial charge in [0.15, 0.2) is 0 Å². The van der Waals surface area contributed by atoms with Gasteiger partial charge in [-0.3, -0.25) is 9.69 Å². The van der Waals surface area contributed by atoms with Crippen LogP contribution in [0.3, 0.4) is 0 Å². The first-order valence-electron chi connectivity index (χ1n) is 7.29. The summed E-state index contributed by atoms with van der Waals surface area (Å²) in [4.78, 5) is 21.2. The number of rotatable bonds is 3. The molecular formula is C14H21N3O3S. The Morgan fingerprint density at radius 3 is 2.90 bits per heavy atom. The van der Waals surface area contributed by atoms with Crippen LogP contribution in [0.25, 0.3) is 0 Å². The molecule has 2 fully saturated rings. The van der Waals surface area contributed by atoms with E-state index in [4.69, 9.17) is 4.74 Å². The lowest BCUT2D eigenvalue weighted by molar-refractivity contribution is -0.0257. The van der Waals surface area contributed by atoms with Crippen molar-refractivity contribution in [1.29, 1.82) is 0 Å². The van der Waals surface area contributed by atoms with Gasteiger partial charge in [0.05, 0.1) is 36.6 Å². The van der Waals surface area contributed by atoms with Crippen molar-refractivity contribution in [2.45, 2.75) is 18.9 Å². The molecule has 0 aromatic carbocycles. The Bertz CT molecular complexity index is 515. The molecule has 0 unspecified atom stereocenters. The van der Waals surface area contributed by atoms with Gasteiger partial charge in [-0.05, 0) is 13.3 Å². The highest BCUT2D eigenvalue weighted by Gasteiger charge is 2.40. The zero-order chi connectivity index (χ0) is 14.9. The maximum Gasteiger partial charge on any atom is 0.265 e. The Labute approximate surface area is 128 Å². The van der Waals surface area contributed by atoms with Gasteiger partial charge in [-0.1, -0.05) is 0 Å². The zero-order valence-corrected chi connectivity index (χ0v) is 13.1. The average Bonchev–Trinajstić information content (AvgIpc) is 3.06. The molecule has 2 aliphatic rings. The lowest BCUT2D eigenvalue weighted by Crippen LogP contribution is -2.49. The second-order valence-corrected chi connectivity index (χ2v) is 6.71. The summed E-state index contributed by atoms with van der Waals surface area (Å²) in [5.74, 6) is -0.00657. The first-order chi connectivity index (χ1) is 10.1. The Morgan fingerprint density at radius 1 is 1.48 bits per heavy atom. The van der Waals surface area contributed by atoms with E-state index in [1.807, 2.05) is 6.92 Å². The summed E-state index contributed by atoms with van der Waals surface area (Å²) >= 11 is 1.37. The Hall–Kier alpha value is -1.02. The summed E-state index contributed by atoms with van der Waals surface area (Å²) in [5.41, 5.74) is 1.66. The first-order valence-corrected chi connectivity index (χ1v) is 8.17. The molecule has 116 valence electrons. The number of aliphatic hydroxyl groups is 1. The normalized spacial score (nSPS) is 27.2. The molecule has 3 heterocycles. The molecule has 6 nitrogen and oxygen atoms in total. The lowest BCUT2D eigenvalue weighted by Gasteiger charge is -2.33. The van der Waals surface area contributed by atoms with Crippen LogP contribution < -0.4 is 0 Å². The largest absolute Gasteiger partial charge is 0.387 e. The predicted molar refractivity (Wildman–Crippen MR) is 79.6 cm³/mol. The third-order valence-corrected chi connectivity index (χ3v) is 5.10. The van der Waals surface area contributed by atoms with Crippen molar-refractivity contribution >= 4 is 17.2 Å². The highest BCUT2D eigenvalue weighted by atomic mass is 32.1. The molecule has 7 heteroatoms. The molecule has 3 rings (SSSR count). The lowest BCUT2D eigenvalue weighted by atomic mass is 10.0. The summed E-state index contributed by atoms with van der Waals surface area (Å²) < 4.78 is 5.33. The number of morpholine rings is 1. The molecule has 0 radical (unpaired) electrons. The van der Waals surface area contributed by atoms with Crippen molar-refractivity contribution in [3.8, 4) is 0 Å². The number of aromatic nitrogens is 1. The van der Waals surface area contributed by atoms with Crippen molar-refractivity contribution in [2.24, 2.45) is 0 Å². The number of ether oxygens (including phenoxy) is 1. The van der Waals surface area contributed by atoms with E-state index in [9.17, 15) is 9.90 Å². The highest BCUT2D eigenvalue weighted by molar-refractivity contribution is 7.11. The van der Waals surface area contributed by atoms with Crippen molar-refractivity contribution < 1.29 is 14.6 Å². The molecule has 2 aliphatic heterocycles. The van der Waals surface area contributed by atoms with Crippen molar-refractivity contribution in [3.63, 3.8) is 0 Å². The number of hydrogen-bond acceptors (Lipinski definition) is 6. The molecule has 21 heavy (non-hydrogen) atoms. The average molecular weight is 311 g/mol. The summed E-state index contributed by atoms with van der Waals surface area (Å²) in [6.07, 6.45) is 0.633. The van der Waals surface area contributed by atoms with Crippen LogP contribution in [0.5, 0.6) is 0 Å². The first kappa shape index (κ1) is 14.9. The van der Waals surface area contributed by atoms with Crippen molar-refractivity contribution in [3.05, 3.63) is 16.1 Å². The number of nitrogens with zero attached hydrogens (tertiary/aromatic N) is 3. The number of β-amino-alcohol motifs (C(OH)–C–C–N with tert-alkyl or cyclic N) is 1. The molecule has 2 saturated heterocycles. The Balaban J connectivity index is 1.61. The minimum Gasteiger partial charge on any atom is -0.387 e. The van der Waals surface area contributed by atoms with Gasteiger partial charge in [0.2, 0.25) is 0 Å². The monoisotopic (exact) mass is 311 g/mol. The molecule has 0 saturated carbocycles. The molecule has 1 atom stereocenters. The van der Waals surface area contributed by atoms with Crippen LogP contribution in [-0.2, 0) is 4.74 Å². The molecule has 1 aromatic heterocycles. The molecule has 1 amide bonds. The van der Waals surface area contributed by atoms with Gasteiger partial charge in [-0.2, -0.15) is 0 Å². The molecule has 0 spiro atoms. The van der Waals surface area contributed by atoms with Crippen molar-refractivity contribution in [1.82, 2.24) is 14.8 Å². The topological polar surface area (TPSA) is 65.9 Å². The summed E-state index contributed by atoms with van der Waals surface area (Å²) in [7, 11) is 0. The molecule has 0 aliphatic carbocycles. The molecule has 0 bridgehead atoms. The minimum absolute atomic E-state index is 0.00657. The van der Waals surface area contributed by atoms with Gasteiger partial charge in [0.1, 0.15) is 4.88 Å². The van der Waals surface area contributed by atoms with E-state index in [2.05, 4.69) is 9.88 Å². The fourth-order valence-corrected chi connectivity index (χ4v) is 3.75. The van der Waals surface area contributed by atoms with Crippen LogP contribution in [0.15, 0.2) is 5.51 Å². The SMILES string of the molecule is Cc1ncsc1C(=O)N1CC[C@](O)(CN2CCOCC2)C1. The second-order valence-electron chi connectivity index (χ2n) is 5.86. The third kappa shape index (κ3) is 3.26. The van der Waals surface area contributed by atoms with Crippen LogP contribution in [-0.4, -0.2) is 77.3 Å².